The van der Waals surface area contributed by atoms with Crippen LogP contribution >= 0.6 is 0 Å². The maximum Gasteiger partial charge on any atom is -0.0172 e. The van der Waals surface area contributed by atoms with Gasteiger partial charge in [-0.05, 0) is 74.0 Å². The molecule has 0 N–H and O–H groups in total. The van der Waals surface area contributed by atoms with Crippen molar-refractivity contribution in [1.29, 1.82) is 0 Å². The van der Waals surface area contributed by atoms with E-state index in [1.807, 2.05) is 5.57 Å². The fourth-order valence-electron chi connectivity index (χ4n) is 5.72. The monoisotopic (exact) mass is 260 g/mol. The van der Waals surface area contributed by atoms with Crippen LogP contribution in [0.25, 0.3) is 0 Å². The minimum absolute atomic E-state index is 0.635. The minimum Gasteiger partial charge on any atom is -0.0847 e. The zero-order valence-electron chi connectivity index (χ0n) is 13.3. The smallest absolute Gasteiger partial charge is 0.0172 e. The highest BCUT2D eigenvalue weighted by Gasteiger charge is 2.47. The van der Waals surface area contributed by atoms with Crippen LogP contribution in [0.2, 0.25) is 0 Å². The topological polar surface area (TPSA) is 0 Å². The van der Waals surface area contributed by atoms with Crippen molar-refractivity contribution in [2.75, 3.05) is 0 Å². The fraction of sp³-hybridized carbons (Fsp3) is 0.895. The Morgan fingerprint density at radius 1 is 1.21 bits per heavy atom. The summed E-state index contributed by atoms with van der Waals surface area (Å²) in [5.41, 5.74) is 2.49. The molecule has 5 atom stereocenters. The van der Waals surface area contributed by atoms with E-state index in [1.54, 1.807) is 0 Å². The van der Waals surface area contributed by atoms with Gasteiger partial charge in [-0.25, -0.2) is 0 Å². The summed E-state index contributed by atoms with van der Waals surface area (Å²) in [6, 6.07) is 0. The predicted octanol–water partition coefficient (Wildman–Crippen LogP) is 5.98. The highest BCUT2D eigenvalue weighted by molar-refractivity contribution is 5.17. The largest absolute Gasteiger partial charge is 0.0847 e. The number of hydrogen-bond acceptors (Lipinski definition) is 0. The van der Waals surface area contributed by atoms with Gasteiger partial charge in [-0.1, -0.05) is 45.3 Å². The molecule has 0 heteroatoms. The molecule has 0 aromatic heterocycles. The molecule has 0 aromatic carbocycles. The quantitative estimate of drug-likeness (QED) is 0.536. The molecule has 3 aliphatic carbocycles. The number of rotatable bonds is 2. The van der Waals surface area contributed by atoms with Gasteiger partial charge in [0, 0.05) is 0 Å². The Labute approximate surface area is 120 Å². The first-order valence-corrected chi connectivity index (χ1v) is 8.84. The van der Waals surface area contributed by atoms with Crippen molar-refractivity contribution in [2.45, 2.75) is 78.6 Å². The van der Waals surface area contributed by atoms with Gasteiger partial charge in [0.15, 0.2) is 0 Å². The van der Waals surface area contributed by atoms with Crippen molar-refractivity contribution in [3.63, 3.8) is 0 Å². The number of fused-ring (bicyclic) bond motifs is 3. The van der Waals surface area contributed by atoms with Gasteiger partial charge in [-0.3, -0.25) is 0 Å². The molecule has 2 fully saturated rings. The van der Waals surface area contributed by atoms with E-state index >= 15 is 0 Å². The Morgan fingerprint density at radius 2 is 2.05 bits per heavy atom. The Hall–Kier alpha value is -0.260. The van der Waals surface area contributed by atoms with Crippen LogP contribution in [-0.4, -0.2) is 0 Å². The van der Waals surface area contributed by atoms with E-state index in [1.165, 1.54) is 57.8 Å². The van der Waals surface area contributed by atoms with Crippen molar-refractivity contribution >= 4 is 0 Å². The molecule has 0 radical (unpaired) electrons. The zero-order valence-corrected chi connectivity index (χ0v) is 13.3. The standard InChI is InChI=1S/C19H32/c1-4-12-19(3)13-11-18-16(14(19)2)10-9-15-7-5-6-8-17(15)18/h9,14,16-18H,4-8,10-13H2,1-3H3/t14?,16?,17?,18?,19-/m0/s1. The Bertz CT molecular complexity index is 353. The van der Waals surface area contributed by atoms with Gasteiger partial charge < -0.3 is 0 Å². The van der Waals surface area contributed by atoms with Crippen LogP contribution in [0.4, 0.5) is 0 Å². The van der Waals surface area contributed by atoms with Crippen LogP contribution in [0.15, 0.2) is 11.6 Å². The van der Waals surface area contributed by atoms with Crippen molar-refractivity contribution in [2.24, 2.45) is 29.1 Å². The lowest BCUT2D eigenvalue weighted by Gasteiger charge is -2.53. The molecule has 3 rings (SSSR count). The van der Waals surface area contributed by atoms with Gasteiger partial charge >= 0.3 is 0 Å². The fourth-order valence-corrected chi connectivity index (χ4v) is 5.72. The summed E-state index contributed by atoms with van der Waals surface area (Å²) in [4.78, 5) is 0. The van der Waals surface area contributed by atoms with E-state index in [0.717, 1.165) is 23.7 Å². The van der Waals surface area contributed by atoms with Gasteiger partial charge in [0.05, 0.1) is 0 Å². The second-order valence-corrected chi connectivity index (χ2v) is 7.93. The third kappa shape index (κ3) is 2.30. The molecule has 0 aliphatic heterocycles. The molecule has 19 heavy (non-hydrogen) atoms. The summed E-state index contributed by atoms with van der Waals surface area (Å²) in [5, 5.41) is 0. The van der Waals surface area contributed by atoms with E-state index < -0.39 is 0 Å². The maximum atomic E-state index is 2.67. The molecule has 108 valence electrons. The molecule has 0 bridgehead atoms. The summed E-state index contributed by atoms with van der Waals surface area (Å²) in [6.07, 6.45) is 15.8. The number of allylic oxidation sites excluding steroid dienone is 2. The van der Waals surface area contributed by atoms with Crippen LogP contribution in [0.1, 0.15) is 78.6 Å². The summed E-state index contributed by atoms with van der Waals surface area (Å²) in [7, 11) is 0. The second kappa shape index (κ2) is 5.26. The first kappa shape index (κ1) is 13.7. The average Bonchev–Trinajstić information content (AvgIpc) is 2.43. The molecule has 0 saturated heterocycles. The molecule has 0 heterocycles. The van der Waals surface area contributed by atoms with Crippen LogP contribution in [0, 0.1) is 29.1 Å². The van der Waals surface area contributed by atoms with Crippen LogP contribution in [0.3, 0.4) is 0 Å². The predicted molar refractivity (Wildman–Crippen MR) is 83.1 cm³/mol. The minimum atomic E-state index is 0.635. The lowest BCUT2D eigenvalue weighted by Crippen LogP contribution is -2.44. The van der Waals surface area contributed by atoms with Crippen molar-refractivity contribution in [1.82, 2.24) is 0 Å². The molecule has 0 nitrogen and oxygen atoms in total. The van der Waals surface area contributed by atoms with Crippen molar-refractivity contribution < 1.29 is 0 Å². The molecule has 0 spiro atoms. The summed E-state index contributed by atoms with van der Waals surface area (Å²) in [6.45, 7) is 7.52. The Kier molecular flexibility index (Phi) is 3.80. The van der Waals surface area contributed by atoms with Gasteiger partial charge in [0.2, 0.25) is 0 Å². The maximum absolute atomic E-state index is 2.67. The van der Waals surface area contributed by atoms with Crippen LogP contribution in [-0.2, 0) is 0 Å². The van der Waals surface area contributed by atoms with E-state index in [-0.39, 0.29) is 0 Å². The highest BCUT2D eigenvalue weighted by atomic mass is 14.5. The summed E-state index contributed by atoms with van der Waals surface area (Å²) in [5.74, 6) is 3.96. The normalized spacial score (nSPS) is 46.2. The van der Waals surface area contributed by atoms with Gasteiger partial charge in [0.25, 0.3) is 0 Å². The molecular weight excluding hydrogens is 228 g/mol. The van der Waals surface area contributed by atoms with Crippen molar-refractivity contribution in [3.8, 4) is 0 Å². The van der Waals surface area contributed by atoms with Gasteiger partial charge in [-0.2, -0.15) is 0 Å². The van der Waals surface area contributed by atoms with Gasteiger partial charge in [-0.15, -0.1) is 0 Å². The number of hydrogen-bond donors (Lipinski definition) is 0. The van der Waals surface area contributed by atoms with Crippen LogP contribution in [0.5, 0.6) is 0 Å². The third-order valence-corrected chi connectivity index (χ3v) is 7.04. The zero-order chi connectivity index (χ0) is 13.5. The molecule has 4 unspecified atom stereocenters. The van der Waals surface area contributed by atoms with E-state index in [0.29, 0.717) is 5.41 Å². The molecule has 3 aliphatic rings. The third-order valence-electron chi connectivity index (χ3n) is 7.04. The van der Waals surface area contributed by atoms with Crippen LogP contribution < -0.4 is 0 Å². The summed E-state index contributed by atoms with van der Waals surface area (Å²) < 4.78 is 0. The first-order chi connectivity index (χ1) is 9.15. The average molecular weight is 260 g/mol. The Balaban J connectivity index is 1.81. The molecular formula is C19H32. The second-order valence-electron chi connectivity index (χ2n) is 7.93. The van der Waals surface area contributed by atoms with Gasteiger partial charge in [0.1, 0.15) is 0 Å². The Morgan fingerprint density at radius 3 is 2.84 bits per heavy atom. The lowest BCUT2D eigenvalue weighted by atomic mass is 9.52. The highest BCUT2D eigenvalue weighted by Crippen LogP contribution is 2.56. The molecule has 2 saturated carbocycles. The van der Waals surface area contributed by atoms with Crippen molar-refractivity contribution in [3.05, 3.63) is 11.6 Å². The summed E-state index contributed by atoms with van der Waals surface area (Å²) >= 11 is 0. The first-order valence-electron chi connectivity index (χ1n) is 8.84. The van der Waals surface area contributed by atoms with E-state index in [4.69, 9.17) is 0 Å². The molecule has 0 aromatic rings. The molecule has 0 amide bonds. The van der Waals surface area contributed by atoms with E-state index in [2.05, 4.69) is 26.8 Å². The SMILES string of the molecule is CCC[C@@]1(C)CCC2C3CCCCC3=CCC2C1C. The lowest BCUT2D eigenvalue weighted by molar-refractivity contribution is -0.00672. The van der Waals surface area contributed by atoms with E-state index in [9.17, 15) is 0 Å².